The average molecular weight is 917 g/mol. The molecule has 0 heterocycles. The smallest absolute Gasteiger partial charge is 0.220 e. The summed E-state index contributed by atoms with van der Waals surface area (Å²) in [6, 6.07) is -0.533. The second-order valence-corrected chi connectivity index (χ2v) is 21.1. The molecule has 0 radical (unpaired) electrons. The summed E-state index contributed by atoms with van der Waals surface area (Å²) in [7, 11) is 0. The van der Waals surface area contributed by atoms with E-state index in [0.29, 0.717) is 12.8 Å². The molecule has 0 aromatic carbocycles. The summed E-state index contributed by atoms with van der Waals surface area (Å²) in [4.78, 5) is 12.5. The Balaban J connectivity index is 3.38. The predicted molar refractivity (Wildman–Crippen MR) is 290 cm³/mol. The first kappa shape index (κ1) is 64.1. The van der Waals surface area contributed by atoms with Crippen molar-refractivity contribution in [3.8, 4) is 0 Å². The van der Waals surface area contributed by atoms with E-state index in [-0.39, 0.29) is 12.5 Å². The molecular formula is C61H121NO3. The molecule has 388 valence electrons. The highest BCUT2D eigenvalue weighted by Crippen LogP contribution is 2.18. The average Bonchev–Trinajstić information content (AvgIpc) is 3.31. The molecule has 1 amide bonds. The van der Waals surface area contributed by atoms with Crippen LogP contribution < -0.4 is 5.32 Å². The van der Waals surface area contributed by atoms with Crippen LogP contribution in [0.4, 0.5) is 0 Å². The molecule has 0 bridgehead atoms. The summed E-state index contributed by atoms with van der Waals surface area (Å²) in [5.74, 6) is -0.0235. The highest BCUT2D eigenvalue weighted by atomic mass is 16.3. The molecular weight excluding hydrogens is 795 g/mol. The van der Waals surface area contributed by atoms with E-state index >= 15 is 0 Å². The first-order valence-corrected chi connectivity index (χ1v) is 30.4. The van der Waals surface area contributed by atoms with E-state index < -0.39 is 12.1 Å². The second kappa shape index (κ2) is 57.4. The summed E-state index contributed by atoms with van der Waals surface area (Å²) in [5, 5.41) is 23.3. The zero-order valence-corrected chi connectivity index (χ0v) is 44.8. The molecule has 0 aliphatic rings. The van der Waals surface area contributed by atoms with Crippen LogP contribution in [0.15, 0.2) is 12.2 Å². The molecule has 4 nitrogen and oxygen atoms in total. The van der Waals surface area contributed by atoms with Gasteiger partial charge in [-0.15, -0.1) is 0 Å². The number of amides is 1. The molecule has 3 N–H and O–H groups in total. The van der Waals surface area contributed by atoms with Gasteiger partial charge in [-0.1, -0.05) is 321 Å². The fraction of sp³-hybridized carbons (Fsp3) is 0.951. The summed E-state index contributed by atoms with van der Waals surface area (Å²) >= 11 is 0. The Hall–Kier alpha value is -0.870. The topological polar surface area (TPSA) is 69.6 Å². The standard InChI is InChI=1S/C61H121NO3/c1-3-5-7-9-11-13-15-17-19-21-23-24-25-26-27-28-29-30-31-32-33-34-35-36-37-38-39-41-43-45-47-49-51-53-55-57-61(65)62-59(58-63)60(64)56-54-52-50-48-46-44-42-40-22-20-18-16-14-12-10-8-6-4-2/h28-29,59-60,63-64H,3-27,30-58H2,1-2H3,(H,62,65)/b29-28-. The van der Waals surface area contributed by atoms with Crippen molar-refractivity contribution in [3.63, 3.8) is 0 Å². The maximum Gasteiger partial charge on any atom is 0.220 e. The Kier molecular flexibility index (Phi) is 56.7. The van der Waals surface area contributed by atoms with Crippen LogP contribution in [0.2, 0.25) is 0 Å². The zero-order chi connectivity index (χ0) is 47.0. The predicted octanol–water partition coefficient (Wildman–Crippen LogP) is 20.1. The maximum absolute atomic E-state index is 12.5. The number of hydrogen-bond donors (Lipinski definition) is 3. The molecule has 0 aromatic heterocycles. The maximum atomic E-state index is 12.5. The first-order chi connectivity index (χ1) is 32.2. The minimum absolute atomic E-state index is 0.0235. The minimum atomic E-state index is -0.656. The summed E-state index contributed by atoms with van der Waals surface area (Å²) in [5.41, 5.74) is 0. The molecule has 0 saturated heterocycles. The normalized spacial score (nSPS) is 12.7. The van der Waals surface area contributed by atoms with Gasteiger partial charge in [0.1, 0.15) is 0 Å². The number of aliphatic hydroxyl groups excluding tert-OH is 2. The van der Waals surface area contributed by atoms with Crippen molar-refractivity contribution < 1.29 is 15.0 Å². The van der Waals surface area contributed by atoms with Crippen molar-refractivity contribution >= 4 is 5.91 Å². The van der Waals surface area contributed by atoms with Gasteiger partial charge in [0.2, 0.25) is 5.91 Å². The Morgan fingerprint density at radius 1 is 0.354 bits per heavy atom. The van der Waals surface area contributed by atoms with E-state index in [4.69, 9.17) is 0 Å². The highest BCUT2D eigenvalue weighted by Gasteiger charge is 2.20. The molecule has 2 atom stereocenters. The van der Waals surface area contributed by atoms with E-state index in [9.17, 15) is 15.0 Å². The van der Waals surface area contributed by atoms with Crippen LogP contribution in [0.1, 0.15) is 354 Å². The number of aliphatic hydroxyl groups is 2. The number of rotatable bonds is 57. The van der Waals surface area contributed by atoms with Crippen LogP contribution in [-0.4, -0.2) is 34.9 Å². The number of nitrogens with one attached hydrogen (secondary N) is 1. The number of carbonyl (C=O) groups is 1. The van der Waals surface area contributed by atoms with Crippen molar-refractivity contribution in [2.24, 2.45) is 0 Å². The molecule has 0 saturated carbocycles. The molecule has 0 aromatic rings. The lowest BCUT2D eigenvalue weighted by Crippen LogP contribution is -2.45. The Morgan fingerprint density at radius 2 is 0.585 bits per heavy atom. The third kappa shape index (κ3) is 53.9. The van der Waals surface area contributed by atoms with Crippen LogP contribution >= 0.6 is 0 Å². The van der Waals surface area contributed by atoms with Gasteiger partial charge in [-0.05, 0) is 38.5 Å². The third-order valence-corrected chi connectivity index (χ3v) is 14.5. The molecule has 0 rings (SSSR count). The van der Waals surface area contributed by atoms with Crippen molar-refractivity contribution in [1.29, 1.82) is 0 Å². The van der Waals surface area contributed by atoms with Gasteiger partial charge >= 0.3 is 0 Å². The molecule has 0 aliphatic carbocycles. The molecule has 65 heavy (non-hydrogen) atoms. The summed E-state index contributed by atoms with van der Waals surface area (Å²) in [6.07, 6.45) is 75.1. The Bertz CT molecular complexity index is 905. The molecule has 2 unspecified atom stereocenters. The van der Waals surface area contributed by atoms with Crippen LogP contribution in [0.25, 0.3) is 0 Å². The van der Waals surface area contributed by atoms with Crippen molar-refractivity contribution in [1.82, 2.24) is 5.32 Å². The zero-order valence-electron chi connectivity index (χ0n) is 44.8. The van der Waals surface area contributed by atoms with Crippen molar-refractivity contribution in [2.75, 3.05) is 6.61 Å². The summed E-state index contributed by atoms with van der Waals surface area (Å²) < 4.78 is 0. The highest BCUT2D eigenvalue weighted by molar-refractivity contribution is 5.76. The minimum Gasteiger partial charge on any atom is -0.394 e. The monoisotopic (exact) mass is 916 g/mol. The lowest BCUT2D eigenvalue weighted by atomic mass is 10.0. The fourth-order valence-corrected chi connectivity index (χ4v) is 9.89. The quantitative estimate of drug-likeness (QED) is 0.0421. The van der Waals surface area contributed by atoms with E-state index in [1.807, 2.05) is 0 Å². The van der Waals surface area contributed by atoms with Crippen LogP contribution in [0.3, 0.4) is 0 Å². The lowest BCUT2D eigenvalue weighted by Gasteiger charge is -2.22. The number of hydrogen-bond acceptors (Lipinski definition) is 3. The molecule has 0 aliphatic heterocycles. The van der Waals surface area contributed by atoms with Crippen molar-refractivity contribution in [3.05, 3.63) is 12.2 Å². The van der Waals surface area contributed by atoms with E-state index in [1.165, 1.54) is 302 Å². The van der Waals surface area contributed by atoms with Gasteiger partial charge in [0.05, 0.1) is 18.8 Å². The van der Waals surface area contributed by atoms with E-state index in [2.05, 4.69) is 31.3 Å². The molecule has 4 heteroatoms. The van der Waals surface area contributed by atoms with E-state index in [1.54, 1.807) is 0 Å². The van der Waals surface area contributed by atoms with Gasteiger partial charge in [0, 0.05) is 6.42 Å². The summed E-state index contributed by atoms with van der Waals surface area (Å²) in [6.45, 7) is 4.40. The lowest BCUT2D eigenvalue weighted by molar-refractivity contribution is -0.123. The van der Waals surface area contributed by atoms with Gasteiger partial charge in [0.25, 0.3) is 0 Å². The fourth-order valence-electron chi connectivity index (χ4n) is 9.89. The van der Waals surface area contributed by atoms with Gasteiger partial charge in [0.15, 0.2) is 0 Å². The van der Waals surface area contributed by atoms with Gasteiger partial charge < -0.3 is 15.5 Å². The number of allylic oxidation sites excluding steroid dienone is 2. The number of carbonyl (C=O) groups excluding carboxylic acids is 1. The molecule has 0 spiro atoms. The largest absolute Gasteiger partial charge is 0.394 e. The van der Waals surface area contributed by atoms with Crippen molar-refractivity contribution in [2.45, 2.75) is 366 Å². The number of unbranched alkanes of at least 4 members (excludes halogenated alkanes) is 48. The van der Waals surface area contributed by atoms with Crippen LogP contribution in [0.5, 0.6) is 0 Å². The van der Waals surface area contributed by atoms with Gasteiger partial charge in [-0.3, -0.25) is 4.79 Å². The van der Waals surface area contributed by atoms with Gasteiger partial charge in [-0.2, -0.15) is 0 Å². The SMILES string of the molecule is CCCCCCCCCCCCCCCC/C=C\CCCCCCCCCCCCCCCCCCCC(=O)NC(CO)C(O)CCCCCCCCCCCCCCCCCCCC. The molecule has 0 fully saturated rings. The Labute approximate surface area is 409 Å². The van der Waals surface area contributed by atoms with E-state index in [0.717, 1.165) is 25.7 Å². The first-order valence-electron chi connectivity index (χ1n) is 30.4. The van der Waals surface area contributed by atoms with Crippen LogP contribution in [0, 0.1) is 0 Å². The second-order valence-electron chi connectivity index (χ2n) is 21.1. The van der Waals surface area contributed by atoms with Gasteiger partial charge in [-0.25, -0.2) is 0 Å². The van der Waals surface area contributed by atoms with Crippen LogP contribution in [-0.2, 0) is 4.79 Å². The Morgan fingerprint density at radius 3 is 0.846 bits per heavy atom. The third-order valence-electron chi connectivity index (χ3n) is 14.5.